The molecule has 25 heavy (non-hydrogen) atoms. The Morgan fingerprint density at radius 1 is 1.12 bits per heavy atom. The van der Waals surface area contributed by atoms with E-state index in [0.29, 0.717) is 16.4 Å². The van der Waals surface area contributed by atoms with Gasteiger partial charge >= 0.3 is 0 Å². The number of pyridine rings is 1. The Bertz CT molecular complexity index is 1010. The maximum Gasteiger partial charge on any atom is 0.258 e. The minimum absolute atomic E-state index is 0.110. The van der Waals surface area contributed by atoms with E-state index < -0.39 is 0 Å². The molecule has 3 nitrogen and oxygen atoms in total. The summed E-state index contributed by atoms with van der Waals surface area (Å²) >= 11 is 6.42. The van der Waals surface area contributed by atoms with Gasteiger partial charge in [0.25, 0.3) is 5.56 Å². The SMILES string of the molecule is Cc1ccc2nc(/C(Cl)=C/c3ccc(C(C)(C)C)cc3)cc(=O)n2c1. The smallest absolute Gasteiger partial charge is 0.258 e. The number of benzene rings is 1. The number of hydrogen-bond acceptors (Lipinski definition) is 2. The van der Waals surface area contributed by atoms with E-state index >= 15 is 0 Å². The van der Waals surface area contributed by atoms with E-state index in [9.17, 15) is 4.79 Å². The van der Waals surface area contributed by atoms with Crippen LogP contribution in [0.4, 0.5) is 0 Å². The normalized spacial score (nSPS) is 12.6. The molecular formula is C21H21ClN2O. The first-order valence-electron chi connectivity index (χ1n) is 8.22. The van der Waals surface area contributed by atoms with Gasteiger partial charge in [-0.3, -0.25) is 9.20 Å². The molecule has 0 bridgehead atoms. The number of nitrogens with zero attached hydrogens (tertiary/aromatic N) is 2. The van der Waals surface area contributed by atoms with Crippen molar-refractivity contribution < 1.29 is 0 Å². The zero-order valence-corrected chi connectivity index (χ0v) is 15.6. The van der Waals surface area contributed by atoms with E-state index in [1.165, 1.54) is 16.0 Å². The van der Waals surface area contributed by atoms with Gasteiger partial charge in [0, 0.05) is 12.3 Å². The molecule has 0 aliphatic heterocycles. The molecule has 0 atom stereocenters. The summed E-state index contributed by atoms with van der Waals surface area (Å²) in [5.74, 6) is 0. The van der Waals surface area contributed by atoms with Gasteiger partial charge in [0.2, 0.25) is 0 Å². The van der Waals surface area contributed by atoms with Crippen molar-refractivity contribution in [2.45, 2.75) is 33.1 Å². The number of rotatable bonds is 2. The molecule has 4 heteroatoms. The molecule has 3 aromatic rings. The maximum absolute atomic E-state index is 12.3. The molecule has 3 rings (SSSR count). The number of aromatic nitrogens is 2. The Hall–Kier alpha value is -2.39. The molecule has 0 saturated carbocycles. The van der Waals surface area contributed by atoms with Crippen molar-refractivity contribution in [3.63, 3.8) is 0 Å². The summed E-state index contributed by atoms with van der Waals surface area (Å²) < 4.78 is 1.53. The van der Waals surface area contributed by atoms with Gasteiger partial charge < -0.3 is 0 Å². The summed E-state index contributed by atoms with van der Waals surface area (Å²) in [7, 11) is 0. The van der Waals surface area contributed by atoms with Crippen molar-refractivity contribution in [1.82, 2.24) is 9.38 Å². The Kier molecular flexibility index (Phi) is 4.53. The Morgan fingerprint density at radius 3 is 2.44 bits per heavy atom. The third-order valence-electron chi connectivity index (χ3n) is 4.12. The average Bonchev–Trinajstić information content (AvgIpc) is 2.55. The lowest BCUT2D eigenvalue weighted by atomic mass is 9.87. The monoisotopic (exact) mass is 352 g/mol. The van der Waals surface area contributed by atoms with Crippen molar-refractivity contribution in [1.29, 1.82) is 0 Å². The fraction of sp³-hybridized carbons (Fsp3) is 0.238. The topological polar surface area (TPSA) is 34.4 Å². The van der Waals surface area contributed by atoms with E-state index in [2.05, 4.69) is 37.9 Å². The highest BCUT2D eigenvalue weighted by atomic mass is 35.5. The van der Waals surface area contributed by atoms with Crippen LogP contribution >= 0.6 is 11.6 Å². The first kappa shape index (κ1) is 17.4. The van der Waals surface area contributed by atoms with Gasteiger partial charge in [-0.2, -0.15) is 0 Å². The molecule has 1 aromatic carbocycles. The van der Waals surface area contributed by atoms with Crippen LogP contribution in [-0.4, -0.2) is 9.38 Å². The molecule has 128 valence electrons. The molecule has 0 unspecified atom stereocenters. The van der Waals surface area contributed by atoms with E-state index in [4.69, 9.17) is 11.6 Å². The number of fused-ring (bicyclic) bond motifs is 1. The molecular weight excluding hydrogens is 332 g/mol. The van der Waals surface area contributed by atoms with Crippen LogP contribution < -0.4 is 5.56 Å². The van der Waals surface area contributed by atoms with E-state index in [1.807, 2.05) is 37.3 Å². The summed E-state index contributed by atoms with van der Waals surface area (Å²) in [5, 5.41) is 0.448. The molecule has 0 amide bonds. The largest absolute Gasteiger partial charge is 0.269 e. The predicted molar refractivity (Wildman–Crippen MR) is 105 cm³/mol. The second-order valence-corrected chi connectivity index (χ2v) is 7.69. The van der Waals surface area contributed by atoms with Crippen LogP contribution in [0.5, 0.6) is 0 Å². The van der Waals surface area contributed by atoms with Gasteiger partial charge in [-0.25, -0.2) is 4.98 Å². The molecule has 0 saturated heterocycles. The minimum Gasteiger partial charge on any atom is -0.269 e. The lowest BCUT2D eigenvalue weighted by molar-refractivity contribution is 0.590. The van der Waals surface area contributed by atoms with E-state index in [1.54, 1.807) is 6.20 Å². The maximum atomic E-state index is 12.3. The second kappa shape index (κ2) is 6.49. The van der Waals surface area contributed by atoms with Gasteiger partial charge in [0.1, 0.15) is 5.65 Å². The molecule has 0 N–H and O–H groups in total. The highest BCUT2D eigenvalue weighted by molar-refractivity contribution is 6.51. The van der Waals surface area contributed by atoms with Crippen LogP contribution in [0.2, 0.25) is 0 Å². The van der Waals surface area contributed by atoms with Gasteiger partial charge in [0.15, 0.2) is 0 Å². The van der Waals surface area contributed by atoms with Gasteiger partial charge in [-0.15, -0.1) is 0 Å². The van der Waals surface area contributed by atoms with Crippen molar-refractivity contribution in [2.75, 3.05) is 0 Å². The average molecular weight is 353 g/mol. The van der Waals surface area contributed by atoms with Gasteiger partial charge in [-0.05, 0) is 41.2 Å². The third kappa shape index (κ3) is 3.83. The number of aryl methyl sites for hydroxylation is 1. The zero-order chi connectivity index (χ0) is 18.2. The fourth-order valence-corrected chi connectivity index (χ4v) is 2.85. The Morgan fingerprint density at radius 2 is 1.80 bits per heavy atom. The van der Waals surface area contributed by atoms with Crippen LogP contribution in [0, 0.1) is 6.92 Å². The van der Waals surface area contributed by atoms with Crippen molar-refractivity contribution in [3.8, 4) is 0 Å². The van der Waals surface area contributed by atoms with E-state index in [0.717, 1.165) is 11.1 Å². The van der Waals surface area contributed by atoms with Crippen LogP contribution in [0.25, 0.3) is 16.8 Å². The first-order valence-corrected chi connectivity index (χ1v) is 8.60. The van der Waals surface area contributed by atoms with Crippen molar-refractivity contribution in [2.24, 2.45) is 0 Å². The van der Waals surface area contributed by atoms with Crippen LogP contribution in [0.15, 0.2) is 53.5 Å². The predicted octanol–water partition coefficient (Wildman–Crippen LogP) is 5.04. The lowest BCUT2D eigenvalue weighted by Gasteiger charge is -2.18. The van der Waals surface area contributed by atoms with Crippen molar-refractivity contribution >= 4 is 28.4 Å². The molecule has 2 heterocycles. The summed E-state index contributed by atoms with van der Waals surface area (Å²) in [6, 6.07) is 13.5. The quantitative estimate of drug-likeness (QED) is 0.647. The van der Waals surface area contributed by atoms with Gasteiger partial charge in [0.05, 0.1) is 10.7 Å². The summed E-state index contributed by atoms with van der Waals surface area (Å²) in [6.45, 7) is 8.48. The molecule has 0 aliphatic rings. The highest BCUT2D eigenvalue weighted by Gasteiger charge is 2.12. The molecule has 0 aliphatic carbocycles. The fourth-order valence-electron chi connectivity index (χ4n) is 2.63. The summed E-state index contributed by atoms with van der Waals surface area (Å²) in [5.41, 5.74) is 4.28. The first-order chi connectivity index (χ1) is 11.7. The molecule has 0 spiro atoms. The van der Waals surface area contributed by atoms with Crippen molar-refractivity contribution in [3.05, 3.63) is 81.4 Å². The number of hydrogen-bond donors (Lipinski definition) is 0. The summed E-state index contributed by atoms with van der Waals surface area (Å²) in [4.78, 5) is 16.8. The zero-order valence-electron chi connectivity index (χ0n) is 14.9. The Labute approximate surface area is 152 Å². The summed E-state index contributed by atoms with van der Waals surface area (Å²) in [6.07, 6.45) is 3.61. The minimum atomic E-state index is -0.140. The third-order valence-corrected chi connectivity index (χ3v) is 4.43. The molecule has 0 radical (unpaired) electrons. The molecule has 2 aromatic heterocycles. The lowest BCUT2D eigenvalue weighted by Crippen LogP contribution is -2.15. The second-order valence-electron chi connectivity index (χ2n) is 7.28. The van der Waals surface area contributed by atoms with Crippen LogP contribution in [0.3, 0.4) is 0 Å². The highest BCUT2D eigenvalue weighted by Crippen LogP contribution is 2.24. The van der Waals surface area contributed by atoms with E-state index in [-0.39, 0.29) is 11.0 Å². The standard InChI is InChI=1S/C21H21ClN2O/c1-14-5-10-19-23-18(12-20(25)24(19)13-14)17(22)11-15-6-8-16(9-7-15)21(2,3)4/h5-13H,1-4H3/b17-11-. The number of halogens is 1. The van der Waals surface area contributed by atoms with Crippen LogP contribution in [-0.2, 0) is 5.41 Å². The molecule has 0 fully saturated rings. The van der Waals surface area contributed by atoms with Crippen LogP contribution in [0.1, 0.15) is 43.2 Å². The van der Waals surface area contributed by atoms with Gasteiger partial charge in [-0.1, -0.05) is 62.7 Å². The Balaban J connectivity index is 1.98.